The van der Waals surface area contributed by atoms with Gasteiger partial charge in [0.1, 0.15) is 11.6 Å². The Morgan fingerprint density at radius 3 is 2.95 bits per heavy atom. The number of hydrogen-bond donors (Lipinski definition) is 2. The van der Waals surface area contributed by atoms with E-state index in [0.717, 1.165) is 18.2 Å². The summed E-state index contributed by atoms with van der Waals surface area (Å²) in [6, 6.07) is 2.71. The Balaban J connectivity index is 2.12. The number of benzene rings is 1. The van der Waals surface area contributed by atoms with Gasteiger partial charge in [0.05, 0.1) is 12.1 Å². The molecule has 0 saturated carbocycles. The predicted octanol–water partition coefficient (Wildman–Crippen LogP) is 2.17. The van der Waals surface area contributed by atoms with E-state index in [1.54, 1.807) is 4.57 Å². The molecule has 1 heterocycles. The van der Waals surface area contributed by atoms with Gasteiger partial charge in [0.25, 0.3) is 5.91 Å². The van der Waals surface area contributed by atoms with Crippen LogP contribution in [-0.2, 0) is 13.1 Å². The second-order valence-electron chi connectivity index (χ2n) is 4.00. The molecule has 1 aromatic carbocycles. The van der Waals surface area contributed by atoms with Gasteiger partial charge in [-0.05, 0) is 37.3 Å². The quantitative estimate of drug-likeness (QED) is 0.850. The van der Waals surface area contributed by atoms with Crippen molar-refractivity contribution in [1.29, 1.82) is 0 Å². The zero-order valence-corrected chi connectivity index (χ0v) is 11.4. The fourth-order valence-corrected chi connectivity index (χ4v) is 2.02. The highest BCUT2D eigenvalue weighted by Gasteiger charge is 2.13. The summed E-state index contributed by atoms with van der Waals surface area (Å²) in [5, 5.41) is 9.03. The molecule has 1 aromatic heterocycles. The van der Waals surface area contributed by atoms with Crippen molar-refractivity contribution in [2.24, 2.45) is 0 Å². The summed E-state index contributed by atoms with van der Waals surface area (Å²) in [5.41, 5.74) is -0.345. The van der Waals surface area contributed by atoms with Crippen LogP contribution in [0, 0.1) is 16.4 Å². The minimum atomic E-state index is -0.779. The van der Waals surface area contributed by atoms with Crippen LogP contribution in [0.2, 0.25) is 0 Å². The number of nitrogens with zero attached hydrogens (tertiary/aromatic N) is 2. The standard InChI is InChI=1S/C12H12F2N4OS/c1-2-18-10(16-17-12(18)20)6-15-11(19)8-5-7(13)3-4-9(8)14/h3-5H,2,6H2,1H3,(H,15,19)(H,17,20). The summed E-state index contributed by atoms with van der Waals surface area (Å²) in [5.74, 6) is -1.65. The number of rotatable bonds is 4. The molecule has 0 bridgehead atoms. The van der Waals surface area contributed by atoms with Gasteiger partial charge in [0, 0.05) is 6.54 Å². The topological polar surface area (TPSA) is 62.7 Å². The van der Waals surface area contributed by atoms with Crippen molar-refractivity contribution >= 4 is 18.1 Å². The Morgan fingerprint density at radius 1 is 1.50 bits per heavy atom. The Labute approximate surface area is 118 Å². The minimum absolute atomic E-state index is 0.0652. The molecule has 0 atom stereocenters. The summed E-state index contributed by atoms with van der Waals surface area (Å²) in [6.45, 7) is 2.54. The molecule has 0 unspecified atom stereocenters. The van der Waals surface area contributed by atoms with Crippen LogP contribution in [0.15, 0.2) is 18.2 Å². The van der Waals surface area contributed by atoms with Crippen molar-refractivity contribution in [2.45, 2.75) is 20.0 Å². The largest absolute Gasteiger partial charge is 0.345 e. The lowest BCUT2D eigenvalue weighted by molar-refractivity contribution is 0.0945. The van der Waals surface area contributed by atoms with Gasteiger partial charge in [0.2, 0.25) is 0 Å². The number of nitrogens with one attached hydrogen (secondary N) is 2. The first-order valence-corrected chi connectivity index (χ1v) is 6.31. The number of aromatic nitrogens is 3. The highest BCUT2D eigenvalue weighted by Crippen LogP contribution is 2.09. The molecule has 0 spiro atoms. The van der Waals surface area contributed by atoms with Crippen LogP contribution in [0.3, 0.4) is 0 Å². The molecule has 8 heteroatoms. The van der Waals surface area contributed by atoms with E-state index < -0.39 is 17.5 Å². The molecule has 20 heavy (non-hydrogen) atoms. The molecule has 106 valence electrons. The smallest absolute Gasteiger partial charge is 0.254 e. The van der Waals surface area contributed by atoms with E-state index in [2.05, 4.69) is 15.5 Å². The van der Waals surface area contributed by atoms with E-state index >= 15 is 0 Å². The lowest BCUT2D eigenvalue weighted by atomic mass is 10.2. The van der Waals surface area contributed by atoms with Gasteiger partial charge in [-0.25, -0.2) is 8.78 Å². The first kappa shape index (κ1) is 14.3. The van der Waals surface area contributed by atoms with Crippen LogP contribution in [0.25, 0.3) is 0 Å². The summed E-state index contributed by atoms with van der Waals surface area (Å²) in [7, 11) is 0. The maximum absolute atomic E-state index is 13.4. The van der Waals surface area contributed by atoms with Gasteiger partial charge < -0.3 is 9.88 Å². The zero-order valence-electron chi connectivity index (χ0n) is 10.6. The SMILES string of the molecule is CCn1c(CNC(=O)c2cc(F)ccc2F)n[nH]c1=S. The third-order valence-corrected chi connectivity index (χ3v) is 3.05. The number of amides is 1. The van der Waals surface area contributed by atoms with Crippen molar-refractivity contribution in [3.8, 4) is 0 Å². The number of hydrogen-bond acceptors (Lipinski definition) is 3. The lowest BCUT2D eigenvalue weighted by Crippen LogP contribution is -2.25. The second-order valence-corrected chi connectivity index (χ2v) is 4.38. The Bertz CT molecular complexity index is 695. The number of aromatic amines is 1. The Morgan fingerprint density at radius 2 is 2.25 bits per heavy atom. The maximum atomic E-state index is 13.4. The molecule has 0 radical (unpaired) electrons. The average Bonchev–Trinajstić information content (AvgIpc) is 2.79. The van der Waals surface area contributed by atoms with E-state index in [-0.39, 0.29) is 12.1 Å². The number of carbonyl (C=O) groups excluding carboxylic acids is 1. The summed E-state index contributed by atoms with van der Waals surface area (Å²) in [4.78, 5) is 11.8. The lowest BCUT2D eigenvalue weighted by Gasteiger charge is -2.07. The molecule has 0 saturated heterocycles. The summed E-state index contributed by atoms with van der Waals surface area (Å²) in [6.07, 6.45) is 0. The van der Waals surface area contributed by atoms with E-state index in [9.17, 15) is 13.6 Å². The second kappa shape index (κ2) is 5.91. The highest BCUT2D eigenvalue weighted by molar-refractivity contribution is 7.71. The van der Waals surface area contributed by atoms with Crippen molar-refractivity contribution in [2.75, 3.05) is 0 Å². The molecule has 1 amide bonds. The molecule has 5 nitrogen and oxygen atoms in total. The third kappa shape index (κ3) is 2.90. The van der Waals surface area contributed by atoms with Crippen LogP contribution >= 0.6 is 12.2 Å². The maximum Gasteiger partial charge on any atom is 0.254 e. The molecule has 2 aromatic rings. The summed E-state index contributed by atoms with van der Waals surface area (Å²) < 4.78 is 28.6. The van der Waals surface area contributed by atoms with Crippen molar-refractivity contribution in [1.82, 2.24) is 20.1 Å². The van der Waals surface area contributed by atoms with Crippen LogP contribution in [-0.4, -0.2) is 20.7 Å². The van der Waals surface area contributed by atoms with E-state index in [0.29, 0.717) is 17.1 Å². The molecule has 0 aliphatic carbocycles. The van der Waals surface area contributed by atoms with Gasteiger partial charge in [0.15, 0.2) is 10.6 Å². The molecule has 0 aliphatic heterocycles. The molecule has 0 fully saturated rings. The fourth-order valence-electron chi connectivity index (χ4n) is 1.74. The van der Waals surface area contributed by atoms with E-state index in [1.165, 1.54) is 0 Å². The van der Waals surface area contributed by atoms with Crippen molar-refractivity contribution in [3.05, 3.63) is 46.0 Å². The number of H-pyrrole nitrogens is 1. The van der Waals surface area contributed by atoms with Gasteiger partial charge in [-0.3, -0.25) is 9.89 Å². The average molecular weight is 298 g/mol. The number of halogens is 2. The third-order valence-electron chi connectivity index (χ3n) is 2.73. The van der Waals surface area contributed by atoms with E-state index in [4.69, 9.17) is 12.2 Å². The van der Waals surface area contributed by atoms with E-state index in [1.807, 2.05) is 6.92 Å². The van der Waals surface area contributed by atoms with Crippen LogP contribution < -0.4 is 5.32 Å². The monoisotopic (exact) mass is 298 g/mol. The normalized spacial score (nSPS) is 10.6. The first-order chi connectivity index (χ1) is 9.52. The van der Waals surface area contributed by atoms with Crippen molar-refractivity contribution in [3.63, 3.8) is 0 Å². The van der Waals surface area contributed by atoms with Gasteiger partial charge >= 0.3 is 0 Å². The van der Waals surface area contributed by atoms with Gasteiger partial charge in [-0.1, -0.05) is 0 Å². The van der Waals surface area contributed by atoms with Crippen LogP contribution in [0.5, 0.6) is 0 Å². The van der Waals surface area contributed by atoms with Crippen LogP contribution in [0.4, 0.5) is 8.78 Å². The highest BCUT2D eigenvalue weighted by atomic mass is 32.1. The van der Waals surface area contributed by atoms with Gasteiger partial charge in [-0.15, -0.1) is 0 Å². The molecular weight excluding hydrogens is 286 g/mol. The molecule has 2 N–H and O–H groups in total. The van der Waals surface area contributed by atoms with Crippen molar-refractivity contribution < 1.29 is 13.6 Å². The minimum Gasteiger partial charge on any atom is -0.345 e. The van der Waals surface area contributed by atoms with Crippen LogP contribution in [0.1, 0.15) is 23.1 Å². The zero-order chi connectivity index (χ0) is 14.7. The molecule has 0 aliphatic rings. The summed E-state index contributed by atoms with van der Waals surface area (Å²) >= 11 is 5.01. The molecule has 2 rings (SSSR count). The Hall–Kier alpha value is -2.09. The molecular formula is C12H12F2N4OS. The predicted molar refractivity (Wildman–Crippen MR) is 70.6 cm³/mol. The Kier molecular flexibility index (Phi) is 4.23. The number of carbonyl (C=O) groups is 1. The van der Waals surface area contributed by atoms with Gasteiger partial charge in [-0.2, -0.15) is 5.10 Å². The first-order valence-electron chi connectivity index (χ1n) is 5.90. The fraction of sp³-hybridized carbons (Fsp3) is 0.250.